The average molecular weight is 217 g/mol. The minimum atomic E-state index is 0.584. The molecule has 1 aliphatic carbocycles. The van der Waals surface area contributed by atoms with E-state index in [1.54, 1.807) is 0 Å². The SMILES string of the molecule is CCCCc1ccc(C(NC)C2CC2)cc1. The van der Waals surface area contributed by atoms with Crippen LogP contribution in [-0.4, -0.2) is 7.05 Å². The maximum Gasteiger partial charge on any atom is 0.0346 e. The number of nitrogens with one attached hydrogen (secondary N) is 1. The highest BCUT2D eigenvalue weighted by Crippen LogP contribution is 2.40. The zero-order valence-electron chi connectivity index (χ0n) is 10.5. The van der Waals surface area contributed by atoms with Crippen LogP contribution in [0, 0.1) is 5.92 Å². The Balaban J connectivity index is 1.99. The summed E-state index contributed by atoms with van der Waals surface area (Å²) in [4.78, 5) is 0. The molecule has 1 fully saturated rings. The Hall–Kier alpha value is -0.820. The number of benzene rings is 1. The Labute approximate surface area is 99.3 Å². The molecule has 1 saturated carbocycles. The molecule has 0 aromatic heterocycles. The van der Waals surface area contributed by atoms with Crippen LogP contribution >= 0.6 is 0 Å². The Morgan fingerprint density at radius 1 is 1.25 bits per heavy atom. The monoisotopic (exact) mass is 217 g/mol. The Morgan fingerprint density at radius 3 is 2.44 bits per heavy atom. The predicted octanol–water partition coefficient (Wildman–Crippen LogP) is 3.70. The zero-order chi connectivity index (χ0) is 11.4. The lowest BCUT2D eigenvalue weighted by atomic mass is 9.99. The van der Waals surface area contributed by atoms with E-state index in [4.69, 9.17) is 0 Å². The Kier molecular flexibility index (Phi) is 4.00. The lowest BCUT2D eigenvalue weighted by molar-refractivity contribution is 0.528. The standard InChI is InChI=1S/C15H23N/c1-3-4-5-12-6-8-13(9-7-12)15(16-2)14-10-11-14/h6-9,14-16H,3-5,10-11H2,1-2H3. The van der Waals surface area contributed by atoms with Gasteiger partial charge in [-0.2, -0.15) is 0 Å². The Bertz CT molecular complexity index is 311. The first-order valence-corrected chi connectivity index (χ1v) is 6.61. The largest absolute Gasteiger partial charge is 0.313 e. The minimum absolute atomic E-state index is 0.584. The van der Waals surface area contributed by atoms with Crippen molar-refractivity contribution < 1.29 is 0 Å². The molecule has 1 aromatic rings. The number of aryl methyl sites for hydroxylation is 1. The molecule has 1 atom stereocenters. The van der Waals surface area contributed by atoms with Crippen LogP contribution < -0.4 is 5.32 Å². The minimum Gasteiger partial charge on any atom is -0.313 e. The lowest BCUT2D eigenvalue weighted by Crippen LogP contribution is -2.18. The van der Waals surface area contributed by atoms with Crippen molar-refractivity contribution in [3.05, 3.63) is 35.4 Å². The second kappa shape index (κ2) is 5.49. The predicted molar refractivity (Wildman–Crippen MR) is 69.6 cm³/mol. The maximum atomic E-state index is 3.44. The summed E-state index contributed by atoms with van der Waals surface area (Å²) in [5, 5.41) is 3.44. The van der Waals surface area contributed by atoms with Gasteiger partial charge in [-0.15, -0.1) is 0 Å². The smallest absolute Gasteiger partial charge is 0.0346 e. The van der Waals surface area contributed by atoms with E-state index in [0.29, 0.717) is 6.04 Å². The van der Waals surface area contributed by atoms with Crippen molar-refractivity contribution in [1.29, 1.82) is 0 Å². The van der Waals surface area contributed by atoms with Crippen molar-refractivity contribution in [2.75, 3.05) is 7.05 Å². The topological polar surface area (TPSA) is 12.0 Å². The molecule has 0 spiro atoms. The molecule has 0 amide bonds. The van der Waals surface area contributed by atoms with Crippen LogP contribution in [0.2, 0.25) is 0 Å². The van der Waals surface area contributed by atoms with E-state index in [2.05, 4.69) is 43.6 Å². The first-order valence-electron chi connectivity index (χ1n) is 6.61. The fourth-order valence-corrected chi connectivity index (χ4v) is 2.38. The highest BCUT2D eigenvalue weighted by Gasteiger charge is 2.30. The molecule has 0 heterocycles. The van der Waals surface area contributed by atoms with Gasteiger partial charge in [-0.25, -0.2) is 0 Å². The van der Waals surface area contributed by atoms with Crippen LogP contribution in [-0.2, 0) is 6.42 Å². The van der Waals surface area contributed by atoms with Gasteiger partial charge in [-0.05, 0) is 49.8 Å². The third kappa shape index (κ3) is 2.85. The second-order valence-corrected chi connectivity index (χ2v) is 4.95. The maximum absolute atomic E-state index is 3.44. The summed E-state index contributed by atoms with van der Waals surface area (Å²) < 4.78 is 0. The first-order chi connectivity index (χ1) is 7.85. The van der Waals surface area contributed by atoms with Gasteiger partial charge in [0.2, 0.25) is 0 Å². The molecule has 1 nitrogen and oxygen atoms in total. The fourth-order valence-electron chi connectivity index (χ4n) is 2.38. The lowest BCUT2D eigenvalue weighted by Gasteiger charge is -2.16. The highest BCUT2D eigenvalue weighted by atomic mass is 14.9. The van der Waals surface area contributed by atoms with E-state index < -0.39 is 0 Å². The Morgan fingerprint density at radius 2 is 1.94 bits per heavy atom. The van der Waals surface area contributed by atoms with Crippen LogP contribution in [0.25, 0.3) is 0 Å². The summed E-state index contributed by atoms with van der Waals surface area (Å²) in [6.45, 7) is 2.25. The van der Waals surface area contributed by atoms with Gasteiger partial charge in [0, 0.05) is 6.04 Å². The summed E-state index contributed by atoms with van der Waals surface area (Å²) in [7, 11) is 2.08. The molecule has 1 heteroatoms. The molecule has 2 rings (SSSR count). The van der Waals surface area contributed by atoms with Gasteiger partial charge in [0.1, 0.15) is 0 Å². The van der Waals surface area contributed by atoms with Gasteiger partial charge in [-0.3, -0.25) is 0 Å². The molecule has 16 heavy (non-hydrogen) atoms. The molecule has 88 valence electrons. The van der Waals surface area contributed by atoms with Crippen LogP contribution in [0.4, 0.5) is 0 Å². The van der Waals surface area contributed by atoms with Crippen LogP contribution in [0.1, 0.15) is 49.8 Å². The second-order valence-electron chi connectivity index (χ2n) is 4.95. The quantitative estimate of drug-likeness (QED) is 0.766. The molecule has 1 unspecified atom stereocenters. The van der Waals surface area contributed by atoms with Gasteiger partial charge in [-0.1, -0.05) is 37.6 Å². The fraction of sp³-hybridized carbons (Fsp3) is 0.600. The van der Waals surface area contributed by atoms with Crippen LogP contribution in [0.5, 0.6) is 0 Å². The summed E-state index contributed by atoms with van der Waals surface area (Å²) in [6.07, 6.45) is 6.59. The normalized spacial score (nSPS) is 17.4. The first kappa shape index (κ1) is 11.7. The molecule has 0 radical (unpaired) electrons. The van der Waals surface area contributed by atoms with Gasteiger partial charge in [0.05, 0.1) is 0 Å². The van der Waals surface area contributed by atoms with Crippen molar-refractivity contribution in [2.45, 2.75) is 45.1 Å². The molecule has 1 N–H and O–H groups in total. The van der Waals surface area contributed by atoms with Crippen molar-refractivity contribution in [3.8, 4) is 0 Å². The van der Waals surface area contributed by atoms with Gasteiger partial charge in [0.15, 0.2) is 0 Å². The molecule has 1 aliphatic rings. The van der Waals surface area contributed by atoms with E-state index in [-0.39, 0.29) is 0 Å². The van der Waals surface area contributed by atoms with E-state index >= 15 is 0 Å². The third-order valence-corrected chi connectivity index (χ3v) is 3.56. The van der Waals surface area contributed by atoms with E-state index in [9.17, 15) is 0 Å². The van der Waals surface area contributed by atoms with Gasteiger partial charge >= 0.3 is 0 Å². The number of rotatable bonds is 6. The average Bonchev–Trinajstić information content (AvgIpc) is 3.13. The van der Waals surface area contributed by atoms with Crippen molar-refractivity contribution in [1.82, 2.24) is 5.32 Å². The van der Waals surface area contributed by atoms with Crippen LogP contribution in [0.15, 0.2) is 24.3 Å². The molecule has 0 saturated heterocycles. The molecular weight excluding hydrogens is 194 g/mol. The van der Waals surface area contributed by atoms with E-state index in [1.165, 1.54) is 43.2 Å². The zero-order valence-corrected chi connectivity index (χ0v) is 10.5. The molecule has 0 aliphatic heterocycles. The summed E-state index contributed by atoms with van der Waals surface area (Å²) in [5.74, 6) is 0.881. The van der Waals surface area contributed by atoms with Gasteiger partial charge in [0.25, 0.3) is 0 Å². The summed E-state index contributed by atoms with van der Waals surface area (Å²) in [6, 6.07) is 9.81. The highest BCUT2D eigenvalue weighted by molar-refractivity contribution is 5.26. The molecule has 0 bridgehead atoms. The number of hydrogen-bond acceptors (Lipinski definition) is 1. The van der Waals surface area contributed by atoms with Crippen molar-refractivity contribution >= 4 is 0 Å². The van der Waals surface area contributed by atoms with Crippen molar-refractivity contribution in [3.63, 3.8) is 0 Å². The van der Waals surface area contributed by atoms with Crippen molar-refractivity contribution in [2.24, 2.45) is 5.92 Å². The van der Waals surface area contributed by atoms with E-state index in [1.807, 2.05) is 0 Å². The van der Waals surface area contributed by atoms with Gasteiger partial charge < -0.3 is 5.32 Å². The summed E-state index contributed by atoms with van der Waals surface area (Å²) in [5.41, 5.74) is 2.95. The third-order valence-electron chi connectivity index (χ3n) is 3.56. The van der Waals surface area contributed by atoms with Crippen LogP contribution in [0.3, 0.4) is 0 Å². The summed E-state index contributed by atoms with van der Waals surface area (Å²) >= 11 is 0. The molecular formula is C15H23N. The van der Waals surface area contributed by atoms with E-state index in [0.717, 1.165) is 5.92 Å². The molecule has 1 aromatic carbocycles. The number of unbranched alkanes of at least 4 members (excludes halogenated alkanes) is 1. The number of hydrogen-bond donors (Lipinski definition) is 1.